The van der Waals surface area contributed by atoms with Crippen LogP contribution in [0.5, 0.6) is 0 Å². The van der Waals surface area contributed by atoms with Gasteiger partial charge in [-0.15, -0.1) is 0 Å². The van der Waals surface area contributed by atoms with Crippen LogP contribution in [-0.4, -0.2) is 187 Å². The van der Waals surface area contributed by atoms with Gasteiger partial charge in [0.05, 0.1) is 43.4 Å². The summed E-state index contributed by atoms with van der Waals surface area (Å²) in [6.07, 6.45) is 6.04. The van der Waals surface area contributed by atoms with E-state index in [1.807, 2.05) is 37.8 Å². The van der Waals surface area contributed by atoms with Crippen LogP contribution in [-0.2, 0) is 52.7 Å². The number of hydrogen-bond acceptors (Lipinski definition) is 13. The number of fused-ring (bicyclic) bond motifs is 7. The largest absolute Gasteiger partial charge is 0.464 e. The molecule has 3 aromatic rings. The monoisotopic (exact) mass is 1070 g/mol. The van der Waals surface area contributed by atoms with Crippen LogP contribution in [0.1, 0.15) is 111 Å². The molecular weight excluding hydrogens is 987 g/mol. The molecule has 0 saturated carbocycles. The number of rotatable bonds is 9. The number of hydrogen-bond donors (Lipinski definition) is 2. The van der Waals surface area contributed by atoms with Crippen LogP contribution in [0.25, 0.3) is 27.6 Å². The lowest BCUT2D eigenvalue weighted by Gasteiger charge is -2.46. The molecule has 1 aromatic heterocycles. The Labute approximate surface area is 462 Å². The van der Waals surface area contributed by atoms with E-state index in [4.69, 9.17) is 23.9 Å². The maximum absolute atomic E-state index is 15.0. The first-order chi connectivity index (χ1) is 37.2. The van der Waals surface area contributed by atoms with E-state index in [-0.39, 0.29) is 54.4 Å². The van der Waals surface area contributed by atoms with Crippen molar-refractivity contribution < 1.29 is 38.1 Å². The van der Waals surface area contributed by atoms with Gasteiger partial charge in [0, 0.05) is 118 Å². The summed E-state index contributed by atoms with van der Waals surface area (Å²) in [4.78, 5) is 71.8. The van der Waals surface area contributed by atoms with Crippen molar-refractivity contribution in [2.24, 2.45) is 21.7 Å². The molecule has 0 aliphatic carbocycles. The Morgan fingerprint density at radius 1 is 0.949 bits per heavy atom. The first-order valence-corrected chi connectivity index (χ1v) is 29.1. The minimum Gasteiger partial charge on any atom is -0.464 e. The number of nitrogens with one attached hydrogen (secondary N) is 2. The molecule has 10 rings (SSSR count). The fourth-order valence-electron chi connectivity index (χ4n) is 13.7. The third-order valence-electron chi connectivity index (χ3n) is 17.7. The number of ether oxygens (including phenoxy) is 4. The van der Waals surface area contributed by atoms with Crippen molar-refractivity contribution in [1.82, 2.24) is 39.9 Å². The summed E-state index contributed by atoms with van der Waals surface area (Å²) >= 11 is 0. The van der Waals surface area contributed by atoms with Gasteiger partial charge in [-0.1, -0.05) is 58.0 Å². The average molecular weight is 1070 g/mol. The Morgan fingerprint density at radius 2 is 1.73 bits per heavy atom. The molecule has 7 atom stereocenters. The Bertz CT molecular complexity index is 2800. The fraction of sp³-hybridized carbons (Fsp3) is 0.656. The van der Waals surface area contributed by atoms with Crippen LogP contribution < -0.4 is 10.7 Å². The topological polar surface area (TPSA) is 163 Å². The van der Waals surface area contributed by atoms with Gasteiger partial charge in [-0.05, 0) is 120 Å². The van der Waals surface area contributed by atoms with Crippen molar-refractivity contribution in [2.45, 2.75) is 156 Å². The van der Waals surface area contributed by atoms with Crippen LogP contribution in [0.4, 0.5) is 4.79 Å². The van der Waals surface area contributed by atoms with Crippen molar-refractivity contribution in [3.63, 3.8) is 0 Å². The van der Waals surface area contributed by atoms with Crippen molar-refractivity contribution in [3.8, 4) is 11.1 Å². The zero-order chi connectivity index (χ0) is 55.3. The number of methoxy groups -OCH3 is 1. The summed E-state index contributed by atoms with van der Waals surface area (Å²) in [5.41, 5.74) is 10.6. The molecule has 17 heteroatoms. The summed E-state index contributed by atoms with van der Waals surface area (Å²) in [5, 5.41) is 5.95. The normalized spacial score (nSPS) is 27.5. The minimum absolute atomic E-state index is 0.0629. The quantitative estimate of drug-likeness (QED) is 0.213. The van der Waals surface area contributed by atoms with E-state index in [2.05, 4.69) is 108 Å². The molecule has 5 fully saturated rings. The average Bonchev–Trinajstić information content (AvgIpc) is 4.12. The summed E-state index contributed by atoms with van der Waals surface area (Å²) in [5.74, 6) is -0.973. The number of cyclic esters (lactones) is 1. The number of piperazine rings is 1. The predicted molar refractivity (Wildman–Crippen MR) is 303 cm³/mol. The number of likely N-dealkylation sites (tertiary alicyclic amines) is 2. The first kappa shape index (κ1) is 56.1. The molecule has 8 heterocycles. The van der Waals surface area contributed by atoms with Gasteiger partial charge < -0.3 is 33.7 Å². The Kier molecular flexibility index (Phi) is 16.4. The molecule has 78 heavy (non-hydrogen) atoms. The van der Waals surface area contributed by atoms with E-state index >= 15 is 0 Å². The van der Waals surface area contributed by atoms with Gasteiger partial charge >= 0.3 is 12.1 Å². The maximum Gasteiger partial charge on any atom is 0.410 e. The Hall–Kier alpha value is -5.17. The molecule has 2 aromatic carbocycles. The van der Waals surface area contributed by atoms with Gasteiger partial charge in [-0.25, -0.2) is 10.2 Å². The van der Waals surface area contributed by atoms with E-state index in [1.54, 1.807) is 7.11 Å². The highest BCUT2D eigenvalue weighted by atomic mass is 16.6. The van der Waals surface area contributed by atoms with Gasteiger partial charge in [0.25, 0.3) is 5.91 Å². The number of aliphatic imine (C=N–C) groups is 1. The van der Waals surface area contributed by atoms with Crippen LogP contribution in [0.15, 0.2) is 53.2 Å². The smallest absolute Gasteiger partial charge is 0.410 e. The zero-order valence-electron chi connectivity index (χ0n) is 48.2. The number of nitrogens with zero attached hydrogens (tertiary/aromatic N) is 7. The number of hydrazine groups is 1. The van der Waals surface area contributed by atoms with Crippen molar-refractivity contribution in [3.05, 3.63) is 65.0 Å². The maximum atomic E-state index is 15.0. The van der Waals surface area contributed by atoms with Crippen molar-refractivity contribution in [1.29, 1.82) is 0 Å². The van der Waals surface area contributed by atoms with E-state index in [1.165, 1.54) is 16.1 Å². The van der Waals surface area contributed by atoms with Gasteiger partial charge in [-0.3, -0.25) is 39.1 Å². The SMILES string of the molecule is CCn1c(C2=C([C@H](C)OC)N=CC(N3CCN4CCOC[C@@H]4C3)C2)c2c3cc(ccc31)-c1cccc(c1)C[C@H](NC(=O)[C@H](C(C)C)N1CC[C@]3(CCN(C(=O)OC(C)(C)C)C3)C1)C(=O)N1CCC[C@H](N1)C(=O)OCC(C)(C)C2. The highest BCUT2D eigenvalue weighted by Crippen LogP contribution is 2.44. The number of carbonyl (C=O) groups excluding carboxylic acids is 4. The van der Waals surface area contributed by atoms with Gasteiger partial charge in [0.1, 0.15) is 17.7 Å². The third kappa shape index (κ3) is 11.8. The summed E-state index contributed by atoms with van der Waals surface area (Å²) < 4.78 is 26.5. The highest BCUT2D eigenvalue weighted by Gasteiger charge is 2.49. The molecule has 0 radical (unpaired) electrons. The second-order valence-electron chi connectivity index (χ2n) is 25.6. The van der Waals surface area contributed by atoms with E-state index in [0.717, 1.165) is 104 Å². The number of carbonyl (C=O) groups is 4. The molecule has 5 saturated heterocycles. The Balaban J connectivity index is 0.990. The van der Waals surface area contributed by atoms with Crippen LogP contribution in [0, 0.1) is 16.7 Å². The molecular formula is C61H87N9O8. The van der Waals surface area contributed by atoms with Crippen molar-refractivity contribution >= 4 is 46.6 Å². The molecule has 17 nitrogen and oxygen atoms in total. The highest BCUT2D eigenvalue weighted by molar-refractivity contribution is 5.95. The number of aromatic nitrogens is 1. The second-order valence-corrected chi connectivity index (χ2v) is 25.6. The number of amides is 3. The van der Waals surface area contributed by atoms with Gasteiger partial charge in [0.15, 0.2) is 0 Å². The van der Waals surface area contributed by atoms with E-state index in [9.17, 15) is 19.2 Å². The Morgan fingerprint density at radius 3 is 2.50 bits per heavy atom. The molecule has 1 unspecified atom stereocenters. The second kappa shape index (κ2) is 22.8. The number of benzene rings is 2. The number of esters is 1. The molecule has 7 aliphatic heterocycles. The van der Waals surface area contributed by atoms with E-state index in [0.29, 0.717) is 58.0 Å². The van der Waals surface area contributed by atoms with Crippen molar-refractivity contribution in [2.75, 3.05) is 85.8 Å². The minimum atomic E-state index is -0.936. The number of morpholine rings is 1. The lowest BCUT2D eigenvalue weighted by Crippen LogP contribution is -2.62. The van der Waals surface area contributed by atoms with E-state index < -0.39 is 35.1 Å². The standard InChI is InChI=1S/C61H87N9O8/c1-11-69-51-18-17-43-30-46(51)48(54(69)47-31-44(33-62-52(47)40(4)75-10)66-25-24-65-26-27-76-35-45(65)34-66)32-60(8,9)38-77-57(73)49-16-13-21-70(64-49)56(72)50(29-41-14-12-15-42(43)28-41)63-55(71)53(39(2)3)67-22-19-61(36-67)20-23-68(37-61)58(74)78-59(5,6)7/h12,14-15,17-18,28,30,33,39-40,44-45,49-50,53,64H,11,13,16,19-27,29,31-32,34-38H2,1-10H3,(H,63,71)/t40-,44?,45-,49-,50-,53-,61-/m0/s1. The first-order valence-electron chi connectivity index (χ1n) is 29.1. The van der Waals surface area contributed by atoms with Crippen LogP contribution in [0.2, 0.25) is 0 Å². The summed E-state index contributed by atoms with van der Waals surface area (Å²) in [6.45, 7) is 27.7. The van der Waals surface area contributed by atoms with Gasteiger partial charge in [0.2, 0.25) is 5.91 Å². The fourth-order valence-corrected chi connectivity index (χ4v) is 13.7. The molecule has 3 amide bonds. The summed E-state index contributed by atoms with van der Waals surface area (Å²) in [7, 11) is 1.75. The van der Waals surface area contributed by atoms with Crippen LogP contribution in [0.3, 0.4) is 0 Å². The zero-order valence-corrected chi connectivity index (χ0v) is 48.2. The lowest BCUT2D eigenvalue weighted by atomic mass is 9.83. The molecule has 6 bridgehead atoms. The molecule has 7 aliphatic rings. The molecule has 2 N–H and O–H groups in total. The lowest BCUT2D eigenvalue weighted by molar-refractivity contribution is -0.155. The number of aryl methyl sites for hydroxylation is 1. The molecule has 424 valence electrons. The third-order valence-corrected chi connectivity index (χ3v) is 17.7. The molecule has 1 spiro atoms. The van der Waals surface area contributed by atoms with Crippen LogP contribution >= 0.6 is 0 Å². The summed E-state index contributed by atoms with van der Waals surface area (Å²) in [6, 6.07) is 13.4. The van der Waals surface area contributed by atoms with Gasteiger partial charge in [-0.2, -0.15) is 0 Å². The predicted octanol–water partition coefficient (Wildman–Crippen LogP) is 6.94.